The highest BCUT2D eigenvalue weighted by Gasteiger charge is 2.42. The van der Waals surface area contributed by atoms with Crippen molar-refractivity contribution in [1.82, 2.24) is 4.90 Å². The van der Waals surface area contributed by atoms with E-state index in [1.54, 1.807) is 4.90 Å². The molecule has 1 aromatic rings. The minimum atomic E-state index is -0.677. The summed E-state index contributed by atoms with van der Waals surface area (Å²) in [4.78, 5) is 26.2. The summed E-state index contributed by atoms with van der Waals surface area (Å²) in [5, 5.41) is 20.0. The molecule has 0 aliphatic carbocycles. The quantitative estimate of drug-likeness (QED) is 0.738. The molecule has 2 atom stereocenters. The van der Waals surface area contributed by atoms with Crippen LogP contribution in [0.25, 0.3) is 0 Å². The number of hydrogen-bond acceptors (Lipinski definition) is 4. The number of likely N-dealkylation sites (tertiary alicyclic amines) is 1. The molecule has 1 heterocycles. The number of benzene rings is 1. The first kappa shape index (κ1) is 19.5. The maximum atomic E-state index is 12.9. The van der Waals surface area contributed by atoms with Crippen molar-refractivity contribution in [1.29, 1.82) is 0 Å². The average molecular weight is 351 g/mol. The number of aliphatic hydroxyl groups excluding tert-OH is 2. The number of aliphatic hydroxyl groups is 2. The van der Waals surface area contributed by atoms with Crippen molar-refractivity contribution < 1.29 is 24.2 Å². The van der Waals surface area contributed by atoms with E-state index >= 15 is 0 Å². The lowest BCUT2D eigenvalue weighted by Gasteiger charge is -2.45. The fourth-order valence-electron chi connectivity index (χ4n) is 3.50. The predicted octanol–water partition coefficient (Wildman–Crippen LogP) is 2.16. The van der Waals surface area contributed by atoms with Gasteiger partial charge < -0.3 is 15.1 Å². The predicted molar refractivity (Wildman–Crippen MR) is 91.6 cm³/mol. The van der Waals surface area contributed by atoms with E-state index in [-0.39, 0.29) is 31.1 Å². The summed E-state index contributed by atoms with van der Waals surface area (Å²) in [6.45, 7) is 2.55. The van der Waals surface area contributed by atoms with Gasteiger partial charge in [0, 0.05) is 36.9 Å². The van der Waals surface area contributed by atoms with Gasteiger partial charge in [0.1, 0.15) is 5.82 Å². The molecule has 6 heteroatoms. The number of carbonyl (C=O) groups excluding carboxylic acids is 2. The van der Waals surface area contributed by atoms with Crippen LogP contribution in [0.3, 0.4) is 0 Å². The highest BCUT2D eigenvalue weighted by molar-refractivity contribution is 5.97. The Hall–Kier alpha value is -1.79. The highest BCUT2D eigenvalue weighted by atomic mass is 19.1. The second-order valence-electron chi connectivity index (χ2n) is 6.82. The summed E-state index contributed by atoms with van der Waals surface area (Å²) in [5.74, 6) is -0.764. The summed E-state index contributed by atoms with van der Waals surface area (Å²) in [6, 6.07) is 5.28. The maximum absolute atomic E-state index is 12.9. The Morgan fingerprint density at radius 3 is 2.56 bits per heavy atom. The topological polar surface area (TPSA) is 77.8 Å². The van der Waals surface area contributed by atoms with Crippen molar-refractivity contribution in [2.24, 2.45) is 5.41 Å². The van der Waals surface area contributed by atoms with E-state index < -0.39 is 17.3 Å². The van der Waals surface area contributed by atoms with Crippen molar-refractivity contribution in [3.63, 3.8) is 0 Å². The summed E-state index contributed by atoms with van der Waals surface area (Å²) < 4.78 is 12.9. The highest BCUT2D eigenvalue weighted by Crippen LogP contribution is 2.35. The Kier molecular flexibility index (Phi) is 6.67. The van der Waals surface area contributed by atoms with Gasteiger partial charge in [0.05, 0.1) is 12.7 Å². The molecule has 0 aromatic heterocycles. The molecule has 0 spiro atoms. The van der Waals surface area contributed by atoms with Crippen LogP contribution in [0.15, 0.2) is 24.3 Å². The van der Waals surface area contributed by atoms with Crippen LogP contribution >= 0.6 is 0 Å². The van der Waals surface area contributed by atoms with Gasteiger partial charge in [0.2, 0.25) is 5.91 Å². The minimum absolute atomic E-state index is 0.0590. The molecule has 1 aromatic carbocycles. The largest absolute Gasteiger partial charge is 0.396 e. The van der Waals surface area contributed by atoms with Gasteiger partial charge in [0.25, 0.3) is 0 Å². The number of rotatable bonds is 7. The fraction of sp³-hybridized carbons (Fsp3) is 0.579. The third-order valence-corrected chi connectivity index (χ3v) is 5.03. The van der Waals surface area contributed by atoms with Gasteiger partial charge in [-0.05, 0) is 37.1 Å². The van der Waals surface area contributed by atoms with Crippen molar-refractivity contribution in [2.75, 3.05) is 19.7 Å². The van der Waals surface area contributed by atoms with Gasteiger partial charge in [-0.3, -0.25) is 9.59 Å². The third kappa shape index (κ3) is 4.64. The van der Waals surface area contributed by atoms with Crippen LogP contribution in [0.4, 0.5) is 4.39 Å². The number of piperidine rings is 1. The lowest BCUT2D eigenvalue weighted by molar-refractivity contribution is -0.142. The molecule has 0 radical (unpaired) electrons. The second kappa shape index (κ2) is 8.54. The number of nitrogens with zero attached hydrogens (tertiary/aromatic N) is 1. The second-order valence-corrected chi connectivity index (χ2v) is 6.82. The van der Waals surface area contributed by atoms with Gasteiger partial charge in [-0.25, -0.2) is 4.39 Å². The Morgan fingerprint density at radius 2 is 1.96 bits per heavy atom. The van der Waals surface area contributed by atoms with E-state index in [1.165, 1.54) is 24.3 Å². The Labute approximate surface area is 147 Å². The smallest absolute Gasteiger partial charge is 0.223 e. The molecule has 1 aliphatic rings. The van der Waals surface area contributed by atoms with E-state index in [0.717, 1.165) is 6.42 Å². The van der Waals surface area contributed by atoms with Gasteiger partial charge in [0.15, 0.2) is 5.78 Å². The normalized spacial score (nSPS) is 23.5. The van der Waals surface area contributed by atoms with Gasteiger partial charge >= 0.3 is 0 Å². The van der Waals surface area contributed by atoms with Crippen LogP contribution in [0, 0.1) is 11.2 Å². The molecular formula is C19H26FNO4. The van der Waals surface area contributed by atoms with Gasteiger partial charge in [-0.1, -0.05) is 13.3 Å². The van der Waals surface area contributed by atoms with E-state index in [2.05, 4.69) is 0 Å². The standard InChI is InChI=1S/C19H26FNO4/c1-2-10-19(13-22)12-21(11-9-17(19)24)18(25)8-7-16(23)14-3-5-15(20)6-4-14/h3-6,17,22,24H,2,7-13H2,1H3/t17-,19+/m1/s1. The molecule has 25 heavy (non-hydrogen) atoms. The van der Waals surface area contributed by atoms with Crippen LogP contribution in [-0.2, 0) is 4.79 Å². The Morgan fingerprint density at radius 1 is 1.28 bits per heavy atom. The molecule has 0 bridgehead atoms. The fourth-order valence-corrected chi connectivity index (χ4v) is 3.50. The van der Waals surface area contributed by atoms with Gasteiger partial charge in [-0.15, -0.1) is 0 Å². The monoisotopic (exact) mass is 351 g/mol. The van der Waals surface area contributed by atoms with E-state index in [0.29, 0.717) is 31.5 Å². The molecule has 1 saturated heterocycles. The lowest BCUT2D eigenvalue weighted by Crippen LogP contribution is -2.55. The minimum Gasteiger partial charge on any atom is -0.396 e. The number of carbonyl (C=O) groups is 2. The maximum Gasteiger partial charge on any atom is 0.223 e. The van der Waals surface area contributed by atoms with Crippen molar-refractivity contribution >= 4 is 11.7 Å². The lowest BCUT2D eigenvalue weighted by atomic mass is 9.74. The average Bonchev–Trinajstić information content (AvgIpc) is 2.62. The Balaban J connectivity index is 1.94. The molecule has 2 rings (SSSR count). The molecule has 5 nitrogen and oxygen atoms in total. The third-order valence-electron chi connectivity index (χ3n) is 5.03. The molecule has 0 unspecified atom stereocenters. The van der Waals surface area contributed by atoms with Crippen LogP contribution in [-0.4, -0.2) is 52.6 Å². The van der Waals surface area contributed by atoms with Crippen molar-refractivity contribution in [3.05, 3.63) is 35.6 Å². The number of halogens is 1. The summed E-state index contributed by atoms with van der Waals surface area (Å²) in [7, 11) is 0. The number of hydrogen-bond donors (Lipinski definition) is 2. The first-order chi connectivity index (χ1) is 11.9. The van der Waals surface area contributed by atoms with Crippen LogP contribution in [0.5, 0.6) is 0 Å². The van der Waals surface area contributed by atoms with Crippen molar-refractivity contribution in [2.45, 2.75) is 45.1 Å². The molecule has 138 valence electrons. The molecule has 1 amide bonds. The number of Topliss-reactive ketones (excluding diaryl/α,β-unsaturated/α-hetero) is 1. The van der Waals surface area contributed by atoms with Crippen LogP contribution in [0.1, 0.15) is 49.4 Å². The van der Waals surface area contributed by atoms with E-state index in [4.69, 9.17) is 0 Å². The SMILES string of the molecule is CCC[C@@]1(CO)CN(C(=O)CCC(=O)c2ccc(F)cc2)CC[C@H]1O. The first-order valence-electron chi connectivity index (χ1n) is 8.77. The van der Waals surface area contributed by atoms with Crippen LogP contribution in [0.2, 0.25) is 0 Å². The van der Waals surface area contributed by atoms with Crippen LogP contribution < -0.4 is 0 Å². The van der Waals surface area contributed by atoms with Crippen molar-refractivity contribution in [3.8, 4) is 0 Å². The Bertz CT molecular complexity index is 604. The number of amides is 1. The zero-order valence-corrected chi connectivity index (χ0v) is 14.6. The van der Waals surface area contributed by atoms with Gasteiger partial charge in [-0.2, -0.15) is 0 Å². The zero-order chi connectivity index (χ0) is 18.4. The molecule has 0 saturated carbocycles. The number of ketones is 1. The summed E-state index contributed by atoms with van der Waals surface area (Å²) in [6.07, 6.45) is 1.38. The van der Waals surface area contributed by atoms with E-state index in [9.17, 15) is 24.2 Å². The van der Waals surface area contributed by atoms with E-state index in [1.807, 2.05) is 6.92 Å². The molecule has 2 N–H and O–H groups in total. The zero-order valence-electron chi connectivity index (χ0n) is 14.6. The summed E-state index contributed by atoms with van der Waals surface area (Å²) >= 11 is 0. The molecular weight excluding hydrogens is 325 g/mol. The molecule has 1 fully saturated rings. The first-order valence-corrected chi connectivity index (χ1v) is 8.77. The molecule has 1 aliphatic heterocycles. The summed E-state index contributed by atoms with van der Waals surface area (Å²) in [5.41, 5.74) is -0.289.